The van der Waals surface area contributed by atoms with E-state index in [2.05, 4.69) is 5.32 Å². The van der Waals surface area contributed by atoms with Gasteiger partial charge in [-0.1, -0.05) is 23.7 Å². The Morgan fingerprint density at radius 1 is 1.22 bits per heavy atom. The van der Waals surface area contributed by atoms with Crippen LogP contribution in [0.25, 0.3) is 0 Å². The number of aryl methyl sites for hydroxylation is 1. The Hall–Kier alpha value is -1.92. The van der Waals surface area contributed by atoms with Crippen molar-refractivity contribution in [2.24, 2.45) is 0 Å². The highest BCUT2D eigenvalue weighted by molar-refractivity contribution is 7.91. The Balaban J connectivity index is 2.03. The van der Waals surface area contributed by atoms with E-state index in [0.717, 1.165) is 0 Å². The van der Waals surface area contributed by atoms with Gasteiger partial charge >= 0.3 is 0 Å². The molecule has 1 amide bonds. The van der Waals surface area contributed by atoms with Crippen LogP contribution in [0.3, 0.4) is 0 Å². The maximum atomic E-state index is 13.0. The Bertz CT molecular complexity index is 837. The summed E-state index contributed by atoms with van der Waals surface area (Å²) < 4.78 is 37.4. The Morgan fingerprint density at radius 2 is 1.91 bits per heavy atom. The van der Waals surface area contributed by atoms with Crippen LogP contribution in [0.15, 0.2) is 47.4 Å². The van der Waals surface area contributed by atoms with Gasteiger partial charge in [0, 0.05) is 12.1 Å². The van der Waals surface area contributed by atoms with Crippen molar-refractivity contribution in [1.82, 2.24) is 0 Å². The lowest BCUT2D eigenvalue weighted by Crippen LogP contribution is -2.18. The summed E-state index contributed by atoms with van der Waals surface area (Å²) in [5.41, 5.74) is 1.01. The topological polar surface area (TPSA) is 63.2 Å². The van der Waals surface area contributed by atoms with Crippen molar-refractivity contribution in [2.45, 2.75) is 18.2 Å². The lowest BCUT2D eigenvalue weighted by atomic mass is 10.2. The molecule has 0 saturated heterocycles. The molecule has 0 unspecified atom stereocenters. The van der Waals surface area contributed by atoms with Crippen LogP contribution in [-0.2, 0) is 14.6 Å². The molecule has 0 fully saturated rings. The third-order valence-electron chi connectivity index (χ3n) is 3.23. The van der Waals surface area contributed by atoms with E-state index in [1.54, 1.807) is 19.1 Å². The first-order valence-corrected chi connectivity index (χ1v) is 8.86. The zero-order valence-corrected chi connectivity index (χ0v) is 13.9. The lowest BCUT2D eigenvalue weighted by Gasteiger charge is -2.09. The molecular weight excluding hydrogens is 341 g/mol. The summed E-state index contributed by atoms with van der Waals surface area (Å²) in [5, 5.41) is 2.70. The molecule has 0 aromatic heterocycles. The minimum Gasteiger partial charge on any atom is -0.326 e. The van der Waals surface area contributed by atoms with Gasteiger partial charge in [0.05, 0.1) is 15.7 Å². The van der Waals surface area contributed by atoms with E-state index >= 15 is 0 Å². The molecule has 2 aromatic rings. The van der Waals surface area contributed by atoms with Crippen LogP contribution < -0.4 is 5.32 Å². The molecule has 122 valence electrons. The van der Waals surface area contributed by atoms with Gasteiger partial charge in [0.15, 0.2) is 9.84 Å². The van der Waals surface area contributed by atoms with E-state index in [0.29, 0.717) is 11.3 Å². The van der Waals surface area contributed by atoms with Crippen molar-refractivity contribution in [2.75, 3.05) is 11.1 Å². The van der Waals surface area contributed by atoms with Crippen LogP contribution in [0.1, 0.15) is 12.0 Å². The van der Waals surface area contributed by atoms with Crippen molar-refractivity contribution < 1.29 is 17.6 Å². The molecule has 0 heterocycles. The molecule has 0 aliphatic heterocycles. The third kappa shape index (κ3) is 4.53. The van der Waals surface area contributed by atoms with E-state index < -0.39 is 21.6 Å². The Labute approximate surface area is 139 Å². The summed E-state index contributed by atoms with van der Waals surface area (Å²) in [6.45, 7) is 1.65. The van der Waals surface area contributed by atoms with Crippen LogP contribution in [0, 0.1) is 12.7 Å². The molecule has 23 heavy (non-hydrogen) atoms. The number of carbonyl (C=O) groups excluding carboxylic acids is 1. The summed E-state index contributed by atoms with van der Waals surface area (Å²) in [4.78, 5) is 11.9. The van der Waals surface area contributed by atoms with Gasteiger partial charge in [0.2, 0.25) is 5.91 Å². The highest BCUT2D eigenvalue weighted by Crippen LogP contribution is 2.22. The Morgan fingerprint density at radius 3 is 2.57 bits per heavy atom. The second kappa shape index (κ2) is 7.10. The number of hydrogen-bond acceptors (Lipinski definition) is 3. The number of amides is 1. The van der Waals surface area contributed by atoms with Gasteiger partial charge < -0.3 is 5.32 Å². The highest BCUT2D eigenvalue weighted by Gasteiger charge is 2.19. The van der Waals surface area contributed by atoms with E-state index in [1.807, 2.05) is 0 Å². The molecule has 0 bridgehead atoms. The second-order valence-electron chi connectivity index (χ2n) is 5.01. The first-order valence-electron chi connectivity index (χ1n) is 6.83. The number of benzene rings is 2. The molecule has 1 N–H and O–H groups in total. The van der Waals surface area contributed by atoms with Crippen molar-refractivity contribution in [3.63, 3.8) is 0 Å². The molecule has 4 nitrogen and oxygen atoms in total. The standard InChI is InChI=1S/C16H15ClFNO3S/c1-11-10-12(18)6-7-14(11)19-16(20)8-9-23(21,22)15-5-3-2-4-13(15)17/h2-7,10H,8-9H2,1H3,(H,19,20). The molecule has 0 aliphatic rings. The number of carbonyl (C=O) groups is 1. The van der Waals surface area contributed by atoms with Gasteiger partial charge in [0.25, 0.3) is 0 Å². The fourth-order valence-corrected chi connectivity index (χ4v) is 3.83. The maximum absolute atomic E-state index is 13.0. The smallest absolute Gasteiger partial charge is 0.225 e. The quantitative estimate of drug-likeness (QED) is 0.891. The largest absolute Gasteiger partial charge is 0.326 e. The number of hydrogen-bond donors (Lipinski definition) is 1. The molecule has 0 saturated carbocycles. The number of halogens is 2. The number of anilines is 1. The van der Waals surface area contributed by atoms with Crippen molar-refractivity contribution in [3.05, 3.63) is 58.9 Å². The van der Waals surface area contributed by atoms with Gasteiger partial charge in [-0.15, -0.1) is 0 Å². The normalized spacial score (nSPS) is 11.3. The van der Waals surface area contributed by atoms with E-state index in [4.69, 9.17) is 11.6 Å². The van der Waals surface area contributed by atoms with Crippen molar-refractivity contribution in [1.29, 1.82) is 0 Å². The van der Waals surface area contributed by atoms with E-state index in [1.165, 1.54) is 30.3 Å². The summed E-state index contributed by atoms with van der Waals surface area (Å²) in [6.07, 6.45) is -0.218. The zero-order valence-electron chi connectivity index (χ0n) is 12.3. The van der Waals surface area contributed by atoms with E-state index in [9.17, 15) is 17.6 Å². The lowest BCUT2D eigenvalue weighted by molar-refractivity contribution is -0.115. The molecule has 2 rings (SSSR count). The van der Waals surface area contributed by atoms with Crippen LogP contribution in [0.4, 0.5) is 10.1 Å². The Kier molecular flexibility index (Phi) is 5.38. The molecule has 7 heteroatoms. The average molecular weight is 356 g/mol. The number of sulfone groups is 1. The predicted molar refractivity (Wildman–Crippen MR) is 87.9 cm³/mol. The minimum atomic E-state index is -3.65. The fraction of sp³-hybridized carbons (Fsp3) is 0.188. The minimum absolute atomic E-state index is 0.00688. The second-order valence-corrected chi connectivity index (χ2v) is 7.49. The summed E-state index contributed by atoms with van der Waals surface area (Å²) >= 11 is 5.87. The van der Waals surface area contributed by atoms with Crippen LogP contribution in [0.5, 0.6) is 0 Å². The van der Waals surface area contributed by atoms with Crippen LogP contribution in [0.2, 0.25) is 5.02 Å². The van der Waals surface area contributed by atoms with Gasteiger partial charge in [-0.3, -0.25) is 4.79 Å². The summed E-state index contributed by atoms with van der Waals surface area (Å²) in [5.74, 6) is -1.22. The maximum Gasteiger partial charge on any atom is 0.225 e. The summed E-state index contributed by atoms with van der Waals surface area (Å²) in [7, 11) is -3.65. The van der Waals surface area contributed by atoms with Crippen LogP contribution >= 0.6 is 11.6 Å². The zero-order chi connectivity index (χ0) is 17.0. The molecule has 0 spiro atoms. The van der Waals surface area contributed by atoms with Gasteiger partial charge in [-0.05, 0) is 42.8 Å². The summed E-state index contributed by atoms with van der Waals surface area (Å²) in [6, 6.07) is 10.0. The van der Waals surface area contributed by atoms with Crippen LogP contribution in [-0.4, -0.2) is 20.1 Å². The number of rotatable bonds is 5. The molecule has 0 aliphatic carbocycles. The van der Waals surface area contributed by atoms with E-state index in [-0.39, 0.29) is 22.1 Å². The van der Waals surface area contributed by atoms with Crippen molar-refractivity contribution >= 4 is 33.0 Å². The number of nitrogens with one attached hydrogen (secondary N) is 1. The van der Waals surface area contributed by atoms with Gasteiger partial charge in [-0.25, -0.2) is 12.8 Å². The predicted octanol–water partition coefficient (Wildman–Crippen LogP) is 3.59. The SMILES string of the molecule is Cc1cc(F)ccc1NC(=O)CCS(=O)(=O)c1ccccc1Cl. The molecule has 0 radical (unpaired) electrons. The average Bonchev–Trinajstić information content (AvgIpc) is 2.48. The fourth-order valence-electron chi connectivity index (χ4n) is 2.01. The third-order valence-corrected chi connectivity index (χ3v) is 5.44. The molecular formula is C16H15ClFNO3S. The molecule has 2 aromatic carbocycles. The first-order chi connectivity index (χ1) is 10.8. The monoisotopic (exact) mass is 355 g/mol. The first kappa shape index (κ1) is 17.4. The molecule has 0 atom stereocenters. The van der Waals surface area contributed by atoms with Gasteiger partial charge in [-0.2, -0.15) is 0 Å². The highest BCUT2D eigenvalue weighted by atomic mass is 35.5. The van der Waals surface area contributed by atoms with Crippen molar-refractivity contribution in [3.8, 4) is 0 Å². The van der Waals surface area contributed by atoms with Gasteiger partial charge in [0.1, 0.15) is 5.82 Å².